The number of sulfonamides is 1. The molecule has 0 radical (unpaired) electrons. The van der Waals surface area contributed by atoms with E-state index in [0.717, 1.165) is 24.8 Å². The number of carbonyl (C=O) groups excluding carboxylic acids is 1. The first-order valence-corrected chi connectivity index (χ1v) is 13.6. The molecule has 0 bridgehead atoms. The van der Waals surface area contributed by atoms with Crippen molar-refractivity contribution < 1.29 is 23.1 Å². The predicted molar refractivity (Wildman–Crippen MR) is 136 cm³/mol. The van der Waals surface area contributed by atoms with Crippen LogP contribution in [0.25, 0.3) is 5.57 Å². The van der Waals surface area contributed by atoms with Crippen molar-refractivity contribution in [2.75, 3.05) is 26.7 Å². The number of benzene rings is 2. The van der Waals surface area contributed by atoms with Crippen LogP contribution in [0.1, 0.15) is 49.0 Å². The highest BCUT2D eigenvalue weighted by Crippen LogP contribution is 2.37. The summed E-state index contributed by atoms with van der Waals surface area (Å²) < 4.78 is 35.0. The minimum absolute atomic E-state index is 0.0917. The van der Waals surface area contributed by atoms with Gasteiger partial charge in [-0.2, -0.15) is 4.31 Å². The standard InChI is InChI=1S/C27H34N2O5S/c1-19-16-29(20(2)18-30)35(32,33)26-14-13-23(21-9-7-8-10-21)15-24(26)34-25(19)17-28(3)27(31)22-11-5-4-6-12-22/h4-6,9,11-15,19-20,25,30H,7-8,10,16-18H2,1-3H3/t19-,20+,25-/m1/s1. The first-order valence-electron chi connectivity index (χ1n) is 12.2. The van der Waals surface area contributed by atoms with E-state index >= 15 is 0 Å². The molecular weight excluding hydrogens is 464 g/mol. The smallest absolute Gasteiger partial charge is 0.253 e. The summed E-state index contributed by atoms with van der Waals surface area (Å²) >= 11 is 0. The van der Waals surface area contributed by atoms with Gasteiger partial charge < -0.3 is 14.7 Å². The number of hydrogen-bond acceptors (Lipinski definition) is 5. The molecule has 2 aliphatic rings. The number of nitrogens with zero attached hydrogens (tertiary/aromatic N) is 2. The Kier molecular flexibility index (Phi) is 7.64. The monoisotopic (exact) mass is 498 g/mol. The van der Waals surface area contributed by atoms with Gasteiger partial charge in [0.2, 0.25) is 10.0 Å². The van der Waals surface area contributed by atoms with Gasteiger partial charge in [-0.15, -0.1) is 0 Å². The number of ether oxygens (including phenoxy) is 1. The molecule has 1 amide bonds. The number of hydrogen-bond donors (Lipinski definition) is 1. The zero-order chi connectivity index (χ0) is 25.2. The van der Waals surface area contributed by atoms with E-state index in [2.05, 4.69) is 6.08 Å². The molecule has 0 saturated heterocycles. The Bertz CT molecular complexity index is 1200. The summed E-state index contributed by atoms with van der Waals surface area (Å²) in [5.41, 5.74) is 2.73. The van der Waals surface area contributed by atoms with Crippen LogP contribution in [-0.2, 0) is 10.0 Å². The number of rotatable bonds is 6. The van der Waals surface area contributed by atoms with Gasteiger partial charge in [0.05, 0.1) is 13.2 Å². The summed E-state index contributed by atoms with van der Waals surface area (Å²) in [5.74, 6) is -0.0587. The fraction of sp³-hybridized carbons (Fsp3) is 0.444. The average Bonchev–Trinajstić information content (AvgIpc) is 3.40. The Hall–Kier alpha value is -2.68. The van der Waals surface area contributed by atoms with E-state index in [-0.39, 0.29) is 29.9 Å². The molecule has 1 aliphatic heterocycles. The van der Waals surface area contributed by atoms with Crippen LogP contribution >= 0.6 is 0 Å². The number of fused-ring (bicyclic) bond motifs is 1. The molecule has 2 aromatic rings. The number of likely N-dealkylation sites (N-methyl/N-ethyl adjacent to an activating group) is 1. The molecule has 35 heavy (non-hydrogen) atoms. The maximum absolute atomic E-state index is 13.6. The summed E-state index contributed by atoms with van der Waals surface area (Å²) in [5, 5.41) is 9.82. The SMILES string of the molecule is C[C@@H]1CN([C@@H](C)CO)S(=O)(=O)c2ccc(C3=CCCC3)cc2O[C@@H]1CN(C)C(=O)c1ccccc1. The molecule has 1 N–H and O–H groups in total. The minimum atomic E-state index is -3.89. The molecule has 2 aromatic carbocycles. The summed E-state index contributed by atoms with van der Waals surface area (Å²) in [6.07, 6.45) is 4.79. The molecular formula is C27H34N2O5S. The lowest BCUT2D eigenvalue weighted by Crippen LogP contribution is -2.50. The summed E-state index contributed by atoms with van der Waals surface area (Å²) in [6, 6.07) is 13.7. The van der Waals surface area contributed by atoms with E-state index in [4.69, 9.17) is 4.74 Å². The number of allylic oxidation sites excluding steroid dienone is 2. The van der Waals surface area contributed by atoms with Crippen molar-refractivity contribution in [2.45, 2.75) is 50.2 Å². The van der Waals surface area contributed by atoms with Gasteiger partial charge in [0.25, 0.3) is 5.91 Å². The molecule has 0 saturated carbocycles. The lowest BCUT2D eigenvalue weighted by Gasteiger charge is -2.37. The van der Waals surface area contributed by atoms with Crippen molar-refractivity contribution in [1.82, 2.24) is 9.21 Å². The van der Waals surface area contributed by atoms with Crippen molar-refractivity contribution in [1.29, 1.82) is 0 Å². The lowest BCUT2D eigenvalue weighted by molar-refractivity contribution is 0.0563. The predicted octanol–water partition coefficient (Wildman–Crippen LogP) is 3.79. The number of amides is 1. The van der Waals surface area contributed by atoms with E-state index in [1.54, 1.807) is 37.1 Å². The van der Waals surface area contributed by atoms with Gasteiger partial charge in [-0.25, -0.2) is 8.42 Å². The van der Waals surface area contributed by atoms with Crippen molar-refractivity contribution in [3.63, 3.8) is 0 Å². The van der Waals surface area contributed by atoms with E-state index in [1.807, 2.05) is 37.3 Å². The summed E-state index contributed by atoms with van der Waals surface area (Å²) in [7, 11) is -2.16. The maximum atomic E-state index is 13.6. The molecule has 0 unspecified atom stereocenters. The van der Waals surface area contributed by atoms with E-state index in [1.165, 1.54) is 9.88 Å². The number of aliphatic hydroxyl groups excluding tert-OH is 1. The molecule has 188 valence electrons. The van der Waals surface area contributed by atoms with Gasteiger partial charge in [0, 0.05) is 31.1 Å². The van der Waals surface area contributed by atoms with Crippen LogP contribution in [-0.4, -0.2) is 67.5 Å². The first-order chi connectivity index (χ1) is 16.7. The zero-order valence-electron chi connectivity index (χ0n) is 20.6. The fourth-order valence-corrected chi connectivity index (χ4v) is 6.56. The quantitative estimate of drug-likeness (QED) is 0.655. The largest absolute Gasteiger partial charge is 0.487 e. The van der Waals surface area contributed by atoms with Crippen LogP contribution in [0.4, 0.5) is 0 Å². The normalized spacial score (nSPS) is 22.8. The fourth-order valence-electron chi connectivity index (χ4n) is 4.73. The maximum Gasteiger partial charge on any atom is 0.253 e. The number of aliphatic hydroxyl groups is 1. The molecule has 1 aliphatic carbocycles. The lowest BCUT2D eigenvalue weighted by atomic mass is 10.0. The highest BCUT2D eigenvalue weighted by Gasteiger charge is 2.38. The molecule has 3 atom stereocenters. The second-order valence-corrected chi connectivity index (χ2v) is 11.4. The summed E-state index contributed by atoms with van der Waals surface area (Å²) in [4.78, 5) is 14.7. The van der Waals surface area contributed by atoms with Crippen molar-refractivity contribution in [3.8, 4) is 5.75 Å². The van der Waals surface area contributed by atoms with Crippen molar-refractivity contribution >= 4 is 21.5 Å². The van der Waals surface area contributed by atoms with Crippen LogP contribution in [0.15, 0.2) is 59.5 Å². The first kappa shape index (κ1) is 25.4. The Morgan fingerprint density at radius 3 is 2.63 bits per heavy atom. The van der Waals surface area contributed by atoms with E-state index in [0.29, 0.717) is 17.9 Å². The van der Waals surface area contributed by atoms with Gasteiger partial charge in [0.15, 0.2) is 0 Å². The van der Waals surface area contributed by atoms with Gasteiger partial charge in [-0.05, 0) is 61.6 Å². The van der Waals surface area contributed by atoms with Gasteiger partial charge in [-0.3, -0.25) is 4.79 Å². The molecule has 0 aromatic heterocycles. The highest BCUT2D eigenvalue weighted by atomic mass is 32.2. The second-order valence-electron chi connectivity index (χ2n) is 9.57. The van der Waals surface area contributed by atoms with E-state index in [9.17, 15) is 18.3 Å². The zero-order valence-corrected chi connectivity index (χ0v) is 21.4. The number of carbonyl (C=O) groups is 1. The highest BCUT2D eigenvalue weighted by molar-refractivity contribution is 7.89. The van der Waals surface area contributed by atoms with Crippen LogP contribution < -0.4 is 4.74 Å². The average molecular weight is 499 g/mol. The second kappa shape index (κ2) is 10.5. The third-order valence-electron chi connectivity index (χ3n) is 6.90. The van der Waals surface area contributed by atoms with Crippen LogP contribution in [0.3, 0.4) is 0 Å². The Balaban J connectivity index is 1.72. The van der Waals surface area contributed by atoms with E-state index < -0.39 is 22.2 Å². The molecule has 4 rings (SSSR count). The molecule has 1 heterocycles. The molecule has 0 fully saturated rings. The Morgan fingerprint density at radius 2 is 1.97 bits per heavy atom. The Morgan fingerprint density at radius 1 is 1.23 bits per heavy atom. The molecule has 8 heteroatoms. The van der Waals surface area contributed by atoms with Crippen LogP contribution in [0.5, 0.6) is 5.75 Å². The minimum Gasteiger partial charge on any atom is -0.487 e. The van der Waals surface area contributed by atoms with Crippen molar-refractivity contribution in [2.24, 2.45) is 5.92 Å². The summed E-state index contributed by atoms with van der Waals surface area (Å²) in [6.45, 7) is 3.80. The van der Waals surface area contributed by atoms with Crippen LogP contribution in [0, 0.1) is 5.92 Å². The third kappa shape index (κ3) is 5.29. The van der Waals surface area contributed by atoms with Gasteiger partial charge >= 0.3 is 0 Å². The molecule has 0 spiro atoms. The van der Waals surface area contributed by atoms with Gasteiger partial charge in [0.1, 0.15) is 16.7 Å². The Labute approximate surface area is 208 Å². The van der Waals surface area contributed by atoms with Crippen LogP contribution in [0.2, 0.25) is 0 Å². The van der Waals surface area contributed by atoms with Crippen molar-refractivity contribution in [3.05, 3.63) is 65.7 Å². The topological polar surface area (TPSA) is 87.2 Å². The third-order valence-corrected chi connectivity index (χ3v) is 8.92. The molecule has 7 nitrogen and oxygen atoms in total. The van der Waals surface area contributed by atoms with Gasteiger partial charge in [-0.1, -0.05) is 37.3 Å².